The first kappa shape index (κ1) is 13.5. The summed E-state index contributed by atoms with van der Waals surface area (Å²) in [5.41, 5.74) is 0.731. The molecule has 1 aliphatic rings. The van der Waals surface area contributed by atoms with E-state index in [4.69, 9.17) is 0 Å². The molecule has 0 aromatic carbocycles. The molecule has 18 heavy (non-hydrogen) atoms. The van der Waals surface area contributed by atoms with Gasteiger partial charge >= 0.3 is 0 Å². The van der Waals surface area contributed by atoms with E-state index in [1.807, 2.05) is 6.92 Å². The molecule has 2 rings (SSSR count). The fraction of sp³-hybridized carbons (Fsp3) is 0.667. The van der Waals surface area contributed by atoms with Crippen LogP contribution in [0.5, 0.6) is 0 Å². The van der Waals surface area contributed by atoms with Gasteiger partial charge in [-0.2, -0.15) is 5.10 Å². The molecule has 0 saturated carbocycles. The summed E-state index contributed by atoms with van der Waals surface area (Å²) in [6.07, 6.45) is 3.92. The molecule has 0 unspecified atom stereocenters. The molecule has 2 heterocycles. The first-order valence-electron chi connectivity index (χ1n) is 6.32. The monoisotopic (exact) mass is 314 g/mol. The molecule has 6 heteroatoms. The standard InChI is InChI=1S/C12H19BrN4O/c1-3-17-12(18)11(13)10(8-14-17)15-9-4-6-16(2)7-5-9/h8-9,15H,3-7H2,1-2H3. The highest BCUT2D eigenvalue weighted by Crippen LogP contribution is 2.20. The Morgan fingerprint density at radius 2 is 2.17 bits per heavy atom. The zero-order valence-electron chi connectivity index (χ0n) is 10.8. The lowest BCUT2D eigenvalue weighted by Gasteiger charge is -2.30. The van der Waals surface area contributed by atoms with Crippen LogP contribution in [-0.4, -0.2) is 40.9 Å². The maximum Gasteiger partial charge on any atom is 0.283 e. The van der Waals surface area contributed by atoms with Crippen LogP contribution in [0.1, 0.15) is 19.8 Å². The topological polar surface area (TPSA) is 50.2 Å². The maximum absolute atomic E-state index is 11.9. The van der Waals surface area contributed by atoms with E-state index in [-0.39, 0.29) is 5.56 Å². The summed E-state index contributed by atoms with van der Waals surface area (Å²) in [5.74, 6) is 0. The van der Waals surface area contributed by atoms with E-state index in [0.717, 1.165) is 31.6 Å². The first-order valence-corrected chi connectivity index (χ1v) is 7.11. The number of nitrogens with zero attached hydrogens (tertiary/aromatic N) is 3. The minimum absolute atomic E-state index is 0.0737. The summed E-state index contributed by atoms with van der Waals surface area (Å²) in [6, 6.07) is 0.427. The van der Waals surface area contributed by atoms with Crippen LogP contribution >= 0.6 is 15.9 Å². The van der Waals surface area contributed by atoms with Crippen LogP contribution in [0, 0.1) is 0 Å². The predicted octanol–water partition coefficient (Wildman–Crippen LogP) is 1.53. The number of hydrogen-bond donors (Lipinski definition) is 1. The number of anilines is 1. The number of aryl methyl sites for hydroxylation is 1. The summed E-state index contributed by atoms with van der Waals surface area (Å²) in [6.45, 7) is 4.68. The Hall–Kier alpha value is -0.880. The van der Waals surface area contributed by atoms with Crippen molar-refractivity contribution in [3.8, 4) is 0 Å². The Morgan fingerprint density at radius 3 is 2.78 bits per heavy atom. The Balaban J connectivity index is 2.10. The molecule has 0 spiro atoms. The molecule has 1 aliphatic heterocycles. The van der Waals surface area contributed by atoms with Crippen molar-refractivity contribution in [2.45, 2.75) is 32.4 Å². The third kappa shape index (κ3) is 2.92. The lowest BCUT2D eigenvalue weighted by atomic mass is 10.1. The lowest BCUT2D eigenvalue weighted by Crippen LogP contribution is -2.37. The van der Waals surface area contributed by atoms with Gasteiger partial charge in [-0.05, 0) is 55.8 Å². The molecule has 1 saturated heterocycles. The molecule has 1 N–H and O–H groups in total. The van der Waals surface area contributed by atoms with Gasteiger partial charge in [0.1, 0.15) is 4.47 Å². The van der Waals surface area contributed by atoms with E-state index >= 15 is 0 Å². The van der Waals surface area contributed by atoms with Crippen LogP contribution in [0.15, 0.2) is 15.5 Å². The average Bonchev–Trinajstić information content (AvgIpc) is 2.38. The summed E-state index contributed by atoms with van der Waals surface area (Å²) >= 11 is 3.36. The number of likely N-dealkylation sites (tertiary alicyclic amines) is 1. The Labute approximate surface area is 115 Å². The van der Waals surface area contributed by atoms with E-state index in [0.29, 0.717) is 17.1 Å². The van der Waals surface area contributed by atoms with E-state index in [2.05, 4.69) is 38.3 Å². The molecule has 0 radical (unpaired) electrons. The number of rotatable bonds is 3. The second-order valence-corrected chi connectivity index (χ2v) is 5.51. The second-order valence-electron chi connectivity index (χ2n) is 4.72. The molecular weight excluding hydrogens is 296 g/mol. The molecule has 0 bridgehead atoms. The molecule has 1 fully saturated rings. The quantitative estimate of drug-likeness (QED) is 0.919. The molecule has 5 nitrogen and oxygen atoms in total. The zero-order valence-corrected chi connectivity index (χ0v) is 12.4. The van der Waals surface area contributed by atoms with Gasteiger partial charge in [-0.25, -0.2) is 4.68 Å². The molecule has 100 valence electrons. The molecule has 0 atom stereocenters. The second kappa shape index (κ2) is 5.84. The van der Waals surface area contributed by atoms with Crippen LogP contribution in [0.3, 0.4) is 0 Å². The van der Waals surface area contributed by atoms with Gasteiger partial charge in [0.05, 0.1) is 11.9 Å². The SMILES string of the molecule is CCn1ncc(NC2CCN(C)CC2)c(Br)c1=O. The smallest absolute Gasteiger partial charge is 0.283 e. The van der Waals surface area contributed by atoms with Crippen molar-refractivity contribution < 1.29 is 0 Å². The van der Waals surface area contributed by atoms with Gasteiger partial charge < -0.3 is 10.2 Å². The van der Waals surface area contributed by atoms with Gasteiger partial charge in [-0.1, -0.05) is 0 Å². The highest BCUT2D eigenvalue weighted by molar-refractivity contribution is 9.10. The number of nitrogens with one attached hydrogen (secondary N) is 1. The van der Waals surface area contributed by atoms with Crippen LogP contribution in [0.2, 0.25) is 0 Å². The van der Waals surface area contributed by atoms with Crippen LogP contribution < -0.4 is 10.9 Å². The van der Waals surface area contributed by atoms with Gasteiger partial charge in [0.15, 0.2) is 0 Å². The fourth-order valence-electron chi connectivity index (χ4n) is 2.16. The highest BCUT2D eigenvalue weighted by atomic mass is 79.9. The van der Waals surface area contributed by atoms with Gasteiger partial charge in [-0.15, -0.1) is 0 Å². The zero-order chi connectivity index (χ0) is 13.1. The Kier molecular flexibility index (Phi) is 4.40. The van der Waals surface area contributed by atoms with Gasteiger partial charge in [0.25, 0.3) is 5.56 Å². The van der Waals surface area contributed by atoms with Crippen LogP contribution in [0.4, 0.5) is 5.69 Å². The predicted molar refractivity (Wildman–Crippen MR) is 76.0 cm³/mol. The summed E-state index contributed by atoms with van der Waals surface area (Å²) < 4.78 is 2.03. The van der Waals surface area contributed by atoms with Crippen molar-refractivity contribution in [1.29, 1.82) is 0 Å². The summed E-state index contributed by atoms with van der Waals surface area (Å²) in [5, 5.41) is 7.55. The van der Waals surface area contributed by atoms with Crippen molar-refractivity contribution in [1.82, 2.24) is 14.7 Å². The van der Waals surface area contributed by atoms with Crippen molar-refractivity contribution in [2.75, 3.05) is 25.5 Å². The first-order chi connectivity index (χ1) is 8.61. The number of hydrogen-bond acceptors (Lipinski definition) is 4. The van der Waals surface area contributed by atoms with E-state index in [1.165, 1.54) is 4.68 Å². The molecular formula is C12H19BrN4O. The van der Waals surface area contributed by atoms with Gasteiger partial charge in [-0.3, -0.25) is 4.79 Å². The van der Waals surface area contributed by atoms with Crippen molar-refractivity contribution in [3.63, 3.8) is 0 Å². The average molecular weight is 315 g/mol. The van der Waals surface area contributed by atoms with Gasteiger partial charge in [0, 0.05) is 12.6 Å². The summed E-state index contributed by atoms with van der Waals surface area (Å²) in [7, 11) is 2.14. The highest BCUT2D eigenvalue weighted by Gasteiger charge is 2.18. The van der Waals surface area contributed by atoms with Gasteiger partial charge in [0.2, 0.25) is 0 Å². The fourth-order valence-corrected chi connectivity index (χ4v) is 2.59. The summed E-state index contributed by atoms with van der Waals surface area (Å²) in [4.78, 5) is 14.2. The normalized spacial score (nSPS) is 17.9. The van der Waals surface area contributed by atoms with E-state index < -0.39 is 0 Å². The minimum atomic E-state index is -0.0737. The molecule has 0 amide bonds. The molecule has 1 aromatic heterocycles. The van der Waals surface area contributed by atoms with E-state index in [9.17, 15) is 4.79 Å². The van der Waals surface area contributed by atoms with Crippen molar-refractivity contribution >= 4 is 21.6 Å². The van der Waals surface area contributed by atoms with Crippen LogP contribution in [0.25, 0.3) is 0 Å². The number of halogens is 1. The third-order valence-electron chi connectivity index (χ3n) is 3.36. The van der Waals surface area contributed by atoms with E-state index in [1.54, 1.807) is 6.20 Å². The Morgan fingerprint density at radius 1 is 1.50 bits per heavy atom. The van der Waals surface area contributed by atoms with Crippen molar-refractivity contribution in [3.05, 3.63) is 21.0 Å². The number of aromatic nitrogens is 2. The Bertz CT molecular complexity index is 466. The van der Waals surface area contributed by atoms with Crippen LogP contribution in [-0.2, 0) is 6.54 Å². The largest absolute Gasteiger partial charge is 0.380 e. The lowest BCUT2D eigenvalue weighted by molar-refractivity contribution is 0.264. The third-order valence-corrected chi connectivity index (χ3v) is 4.13. The molecule has 0 aliphatic carbocycles. The van der Waals surface area contributed by atoms with Crippen molar-refractivity contribution in [2.24, 2.45) is 0 Å². The maximum atomic E-state index is 11.9. The minimum Gasteiger partial charge on any atom is -0.380 e. The number of piperidine rings is 1. The molecule has 1 aromatic rings.